The van der Waals surface area contributed by atoms with Crippen molar-refractivity contribution in [2.45, 2.75) is 45.3 Å². The lowest BCUT2D eigenvalue weighted by atomic mass is 9.86. The summed E-state index contributed by atoms with van der Waals surface area (Å²) in [7, 11) is -3.62. The lowest BCUT2D eigenvalue weighted by Gasteiger charge is -2.35. The minimum Gasteiger partial charge on any atom is -0.476 e. The molecule has 0 saturated carbocycles. The van der Waals surface area contributed by atoms with Gasteiger partial charge in [0.25, 0.3) is 5.91 Å². The SMILES string of the molecule is C[C@H](NC(=O)[C@H]1CN(S(C)(=O)=O)c2cc(C(C)(C)C)ccc2O1)c1ccc(F)cc1. The fourth-order valence-corrected chi connectivity index (χ4v) is 4.22. The number of anilines is 1. The highest BCUT2D eigenvalue weighted by molar-refractivity contribution is 7.92. The van der Waals surface area contributed by atoms with Crippen LogP contribution in [0.4, 0.5) is 10.1 Å². The minimum absolute atomic E-state index is 0.124. The number of rotatable bonds is 4. The van der Waals surface area contributed by atoms with Gasteiger partial charge >= 0.3 is 0 Å². The molecule has 0 fully saturated rings. The fourth-order valence-electron chi connectivity index (χ4n) is 3.31. The van der Waals surface area contributed by atoms with Gasteiger partial charge in [-0.1, -0.05) is 39.0 Å². The molecule has 0 saturated heterocycles. The number of ether oxygens (including phenoxy) is 1. The first-order valence-corrected chi connectivity index (χ1v) is 11.6. The maximum atomic E-state index is 13.1. The third kappa shape index (κ3) is 4.75. The first-order chi connectivity index (χ1) is 13.9. The predicted molar refractivity (Wildman–Crippen MR) is 115 cm³/mol. The third-order valence-electron chi connectivity index (χ3n) is 5.12. The van der Waals surface area contributed by atoms with Crippen LogP contribution in [0, 0.1) is 5.82 Å². The summed E-state index contributed by atoms with van der Waals surface area (Å²) in [6, 6.07) is 10.8. The zero-order valence-corrected chi connectivity index (χ0v) is 18.6. The first kappa shape index (κ1) is 22.1. The Balaban J connectivity index is 1.86. The minimum atomic E-state index is -3.62. The molecule has 2 aromatic rings. The Hall–Kier alpha value is -2.61. The number of amides is 1. The summed E-state index contributed by atoms with van der Waals surface area (Å²) in [4.78, 5) is 12.8. The molecule has 0 spiro atoms. The Labute approximate surface area is 177 Å². The predicted octanol–water partition coefficient (Wildman–Crippen LogP) is 3.53. The second-order valence-corrected chi connectivity index (χ2v) is 10.5. The van der Waals surface area contributed by atoms with E-state index in [1.165, 1.54) is 16.4 Å². The summed E-state index contributed by atoms with van der Waals surface area (Å²) in [6.45, 7) is 7.76. The second-order valence-electron chi connectivity index (χ2n) is 8.61. The fraction of sp³-hybridized carbons (Fsp3) is 0.409. The number of nitrogens with zero attached hydrogens (tertiary/aromatic N) is 1. The van der Waals surface area contributed by atoms with Crippen LogP contribution in [0.5, 0.6) is 5.75 Å². The van der Waals surface area contributed by atoms with Gasteiger partial charge in [-0.25, -0.2) is 12.8 Å². The monoisotopic (exact) mass is 434 g/mol. The molecule has 0 radical (unpaired) electrons. The number of fused-ring (bicyclic) bond motifs is 1. The molecular weight excluding hydrogens is 407 g/mol. The van der Waals surface area contributed by atoms with E-state index in [1.807, 2.05) is 26.8 Å². The van der Waals surface area contributed by atoms with Crippen LogP contribution in [0.2, 0.25) is 0 Å². The summed E-state index contributed by atoms with van der Waals surface area (Å²) in [5.74, 6) is -0.455. The van der Waals surface area contributed by atoms with Crippen molar-refractivity contribution in [3.8, 4) is 5.75 Å². The van der Waals surface area contributed by atoms with E-state index in [2.05, 4.69) is 5.32 Å². The maximum Gasteiger partial charge on any atom is 0.263 e. The molecule has 0 unspecified atom stereocenters. The number of halogens is 1. The zero-order valence-electron chi connectivity index (χ0n) is 17.8. The maximum absolute atomic E-state index is 13.1. The molecule has 1 amide bonds. The first-order valence-electron chi connectivity index (χ1n) is 9.71. The Bertz CT molecular complexity index is 1050. The molecule has 6 nitrogen and oxygen atoms in total. The number of benzene rings is 2. The van der Waals surface area contributed by atoms with Crippen LogP contribution in [0.15, 0.2) is 42.5 Å². The molecule has 1 heterocycles. The Morgan fingerprint density at radius 1 is 1.20 bits per heavy atom. The average molecular weight is 435 g/mol. The van der Waals surface area contributed by atoms with Gasteiger partial charge in [0, 0.05) is 0 Å². The van der Waals surface area contributed by atoms with Crippen molar-refractivity contribution in [3.63, 3.8) is 0 Å². The molecule has 8 heteroatoms. The van der Waals surface area contributed by atoms with E-state index < -0.39 is 28.1 Å². The molecular formula is C22H27FN2O4S. The van der Waals surface area contributed by atoms with Crippen molar-refractivity contribution in [1.82, 2.24) is 5.32 Å². The van der Waals surface area contributed by atoms with Crippen LogP contribution < -0.4 is 14.4 Å². The molecule has 2 atom stereocenters. The number of sulfonamides is 1. The number of hydrogen-bond donors (Lipinski definition) is 1. The summed E-state index contributed by atoms with van der Waals surface area (Å²) in [5.41, 5.74) is 1.96. The summed E-state index contributed by atoms with van der Waals surface area (Å²) in [6.07, 6.45) is 0.109. The van der Waals surface area contributed by atoms with E-state index in [0.717, 1.165) is 17.4 Å². The van der Waals surface area contributed by atoms with E-state index in [9.17, 15) is 17.6 Å². The van der Waals surface area contributed by atoms with Gasteiger partial charge in [0.2, 0.25) is 10.0 Å². The number of carbonyl (C=O) groups excluding carboxylic acids is 1. The number of carbonyl (C=O) groups is 1. The molecule has 0 aliphatic carbocycles. The molecule has 0 aromatic heterocycles. The van der Waals surface area contributed by atoms with Crippen molar-refractivity contribution >= 4 is 21.6 Å². The van der Waals surface area contributed by atoms with Crippen molar-refractivity contribution in [2.75, 3.05) is 17.1 Å². The third-order valence-corrected chi connectivity index (χ3v) is 6.26. The molecule has 2 aromatic carbocycles. The van der Waals surface area contributed by atoms with E-state index >= 15 is 0 Å². The van der Waals surface area contributed by atoms with E-state index in [4.69, 9.17) is 4.74 Å². The molecule has 1 aliphatic rings. The highest BCUT2D eigenvalue weighted by Crippen LogP contribution is 2.38. The average Bonchev–Trinajstić information content (AvgIpc) is 2.65. The lowest BCUT2D eigenvalue weighted by molar-refractivity contribution is -0.128. The van der Waals surface area contributed by atoms with Gasteiger partial charge in [-0.3, -0.25) is 9.10 Å². The van der Waals surface area contributed by atoms with Gasteiger partial charge in [0.15, 0.2) is 6.10 Å². The number of nitrogens with one attached hydrogen (secondary N) is 1. The van der Waals surface area contributed by atoms with Gasteiger partial charge in [0.1, 0.15) is 11.6 Å². The van der Waals surface area contributed by atoms with Crippen LogP contribution in [-0.2, 0) is 20.2 Å². The molecule has 3 rings (SSSR count). The van der Waals surface area contributed by atoms with E-state index in [1.54, 1.807) is 31.2 Å². The largest absolute Gasteiger partial charge is 0.476 e. The van der Waals surface area contributed by atoms with Crippen molar-refractivity contribution in [2.24, 2.45) is 0 Å². The Morgan fingerprint density at radius 3 is 2.40 bits per heavy atom. The van der Waals surface area contributed by atoms with Crippen LogP contribution in [0.3, 0.4) is 0 Å². The van der Waals surface area contributed by atoms with Crippen molar-refractivity contribution < 1.29 is 22.3 Å². The smallest absolute Gasteiger partial charge is 0.263 e. The van der Waals surface area contributed by atoms with Crippen molar-refractivity contribution in [1.29, 1.82) is 0 Å². The lowest BCUT2D eigenvalue weighted by Crippen LogP contribution is -2.50. The summed E-state index contributed by atoms with van der Waals surface area (Å²) >= 11 is 0. The molecule has 162 valence electrons. The summed E-state index contributed by atoms with van der Waals surface area (Å²) in [5, 5.41) is 2.82. The summed E-state index contributed by atoms with van der Waals surface area (Å²) < 4.78 is 45.1. The molecule has 1 aliphatic heterocycles. The second kappa shape index (κ2) is 7.91. The molecule has 0 bridgehead atoms. The topological polar surface area (TPSA) is 75.7 Å². The highest BCUT2D eigenvalue weighted by Gasteiger charge is 2.36. The van der Waals surface area contributed by atoms with Gasteiger partial charge < -0.3 is 10.1 Å². The molecule has 30 heavy (non-hydrogen) atoms. The van der Waals surface area contributed by atoms with Crippen LogP contribution >= 0.6 is 0 Å². The van der Waals surface area contributed by atoms with Crippen LogP contribution in [-0.4, -0.2) is 33.2 Å². The molecule has 1 N–H and O–H groups in total. The quantitative estimate of drug-likeness (QED) is 0.799. The standard InChI is InChI=1S/C22H27FN2O4S/c1-14(15-6-9-17(23)10-7-15)24-21(26)20-13-25(30(5,27)28)18-12-16(22(2,3)4)8-11-19(18)29-20/h6-12,14,20H,13H2,1-5H3,(H,24,26)/t14-,20+/m0/s1. The number of hydrogen-bond acceptors (Lipinski definition) is 4. The van der Waals surface area contributed by atoms with Crippen molar-refractivity contribution in [3.05, 3.63) is 59.4 Å². The van der Waals surface area contributed by atoms with E-state index in [-0.39, 0.29) is 17.8 Å². The van der Waals surface area contributed by atoms with Gasteiger partial charge in [-0.05, 0) is 47.7 Å². The Kier molecular flexibility index (Phi) is 5.82. The Morgan fingerprint density at radius 2 is 1.83 bits per heavy atom. The normalized spacial score (nSPS) is 17.7. The van der Waals surface area contributed by atoms with Crippen LogP contribution in [0.1, 0.15) is 44.9 Å². The van der Waals surface area contributed by atoms with Gasteiger partial charge in [0.05, 0.1) is 24.5 Å². The highest BCUT2D eigenvalue weighted by atomic mass is 32.2. The zero-order chi connectivity index (χ0) is 22.3. The van der Waals surface area contributed by atoms with Gasteiger partial charge in [-0.2, -0.15) is 0 Å². The van der Waals surface area contributed by atoms with Crippen LogP contribution in [0.25, 0.3) is 0 Å². The van der Waals surface area contributed by atoms with Gasteiger partial charge in [-0.15, -0.1) is 0 Å². The van der Waals surface area contributed by atoms with E-state index in [0.29, 0.717) is 11.4 Å².